The van der Waals surface area contributed by atoms with Crippen molar-refractivity contribution in [1.82, 2.24) is 10.3 Å². The zero-order chi connectivity index (χ0) is 14.7. The predicted molar refractivity (Wildman–Crippen MR) is 83.4 cm³/mol. The molecule has 1 heterocycles. The first kappa shape index (κ1) is 13.7. The third kappa shape index (κ3) is 3.26. The molecule has 3 aromatic rings. The van der Waals surface area contributed by atoms with E-state index < -0.39 is 0 Å². The van der Waals surface area contributed by atoms with Crippen LogP contribution in [0.25, 0.3) is 10.9 Å². The molecule has 0 saturated carbocycles. The number of rotatable bonds is 4. The third-order valence-electron chi connectivity index (χ3n) is 3.65. The largest absolute Gasteiger partial charge is 0.306 e. The van der Waals surface area contributed by atoms with Gasteiger partial charge in [0.25, 0.3) is 0 Å². The van der Waals surface area contributed by atoms with Crippen LogP contribution >= 0.6 is 0 Å². The van der Waals surface area contributed by atoms with Gasteiger partial charge in [-0.25, -0.2) is 4.39 Å². The molecule has 2 nitrogen and oxygen atoms in total. The van der Waals surface area contributed by atoms with Crippen molar-refractivity contribution < 1.29 is 4.39 Å². The van der Waals surface area contributed by atoms with Crippen LogP contribution in [0.2, 0.25) is 0 Å². The summed E-state index contributed by atoms with van der Waals surface area (Å²) in [5.74, 6) is -0.201. The monoisotopic (exact) mass is 280 g/mol. The van der Waals surface area contributed by atoms with E-state index in [2.05, 4.69) is 35.4 Å². The SMILES string of the molecule is CC(NCc1ccc2ncccc2c1)c1ccc(F)cc1. The molecule has 0 bridgehead atoms. The van der Waals surface area contributed by atoms with Crippen LogP contribution in [-0.4, -0.2) is 4.98 Å². The smallest absolute Gasteiger partial charge is 0.123 e. The summed E-state index contributed by atoms with van der Waals surface area (Å²) in [7, 11) is 0. The zero-order valence-corrected chi connectivity index (χ0v) is 11.9. The maximum Gasteiger partial charge on any atom is 0.123 e. The number of benzene rings is 2. The fraction of sp³-hybridized carbons (Fsp3) is 0.167. The molecule has 0 aliphatic carbocycles. The summed E-state index contributed by atoms with van der Waals surface area (Å²) in [4.78, 5) is 4.32. The van der Waals surface area contributed by atoms with E-state index in [-0.39, 0.29) is 11.9 Å². The molecule has 3 heteroatoms. The van der Waals surface area contributed by atoms with Crippen molar-refractivity contribution in [1.29, 1.82) is 0 Å². The van der Waals surface area contributed by atoms with Gasteiger partial charge in [0, 0.05) is 24.2 Å². The minimum atomic E-state index is -0.201. The Balaban J connectivity index is 1.69. The van der Waals surface area contributed by atoms with Crippen molar-refractivity contribution in [2.24, 2.45) is 0 Å². The summed E-state index contributed by atoms with van der Waals surface area (Å²) in [5.41, 5.74) is 3.30. The minimum Gasteiger partial charge on any atom is -0.306 e. The lowest BCUT2D eigenvalue weighted by molar-refractivity contribution is 0.571. The normalized spacial score (nSPS) is 12.5. The van der Waals surface area contributed by atoms with Gasteiger partial charge in [-0.15, -0.1) is 0 Å². The summed E-state index contributed by atoms with van der Waals surface area (Å²) in [6, 6.07) is 17.1. The van der Waals surface area contributed by atoms with Crippen molar-refractivity contribution in [3.8, 4) is 0 Å². The molecule has 106 valence electrons. The van der Waals surface area contributed by atoms with Crippen molar-refractivity contribution in [3.05, 3.63) is 77.7 Å². The number of nitrogens with one attached hydrogen (secondary N) is 1. The average molecular weight is 280 g/mol. The molecular formula is C18H17FN2. The molecule has 0 saturated heterocycles. The number of halogens is 1. The Morgan fingerprint density at radius 1 is 1.10 bits per heavy atom. The molecule has 0 aliphatic rings. The molecule has 2 aromatic carbocycles. The second-order valence-electron chi connectivity index (χ2n) is 5.18. The summed E-state index contributed by atoms with van der Waals surface area (Å²) in [6.45, 7) is 2.85. The van der Waals surface area contributed by atoms with Crippen molar-refractivity contribution in [2.45, 2.75) is 19.5 Å². The van der Waals surface area contributed by atoms with Crippen molar-refractivity contribution in [2.75, 3.05) is 0 Å². The van der Waals surface area contributed by atoms with Crippen LogP contribution in [0.15, 0.2) is 60.8 Å². The van der Waals surface area contributed by atoms with E-state index in [0.717, 1.165) is 23.0 Å². The highest BCUT2D eigenvalue weighted by Gasteiger charge is 2.05. The molecule has 1 unspecified atom stereocenters. The predicted octanol–water partition coefficient (Wildman–Crippen LogP) is 4.22. The van der Waals surface area contributed by atoms with E-state index in [1.54, 1.807) is 6.20 Å². The van der Waals surface area contributed by atoms with Gasteiger partial charge in [-0.3, -0.25) is 4.98 Å². The minimum absolute atomic E-state index is 0.176. The second kappa shape index (κ2) is 6.02. The molecular weight excluding hydrogens is 263 g/mol. The average Bonchev–Trinajstić information content (AvgIpc) is 2.53. The first-order valence-electron chi connectivity index (χ1n) is 7.05. The maximum atomic E-state index is 12.9. The highest BCUT2D eigenvalue weighted by atomic mass is 19.1. The van der Waals surface area contributed by atoms with Gasteiger partial charge in [-0.05, 0) is 48.4 Å². The number of hydrogen-bond acceptors (Lipinski definition) is 2. The Morgan fingerprint density at radius 3 is 2.71 bits per heavy atom. The van der Waals surface area contributed by atoms with E-state index in [4.69, 9.17) is 0 Å². The highest BCUT2D eigenvalue weighted by Crippen LogP contribution is 2.16. The van der Waals surface area contributed by atoms with Gasteiger partial charge >= 0.3 is 0 Å². The quantitative estimate of drug-likeness (QED) is 0.773. The van der Waals surface area contributed by atoms with Gasteiger partial charge in [0.1, 0.15) is 5.82 Å². The number of aromatic nitrogens is 1. The molecule has 21 heavy (non-hydrogen) atoms. The lowest BCUT2D eigenvalue weighted by Gasteiger charge is -2.14. The van der Waals surface area contributed by atoms with Gasteiger partial charge < -0.3 is 5.32 Å². The molecule has 1 aromatic heterocycles. The molecule has 3 rings (SSSR count). The molecule has 0 fully saturated rings. The number of hydrogen-bond donors (Lipinski definition) is 1. The number of nitrogens with zero attached hydrogens (tertiary/aromatic N) is 1. The molecule has 1 atom stereocenters. The van der Waals surface area contributed by atoms with Gasteiger partial charge in [-0.2, -0.15) is 0 Å². The number of fused-ring (bicyclic) bond motifs is 1. The van der Waals surface area contributed by atoms with E-state index in [1.165, 1.54) is 17.7 Å². The Morgan fingerprint density at radius 2 is 1.90 bits per heavy atom. The van der Waals surface area contributed by atoms with Crippen molar-refractivity contribution in [3.63, 3.8) is 0 Å². The summed E-state index contributed by atoms with van der Waals surface area (Å²) < 4.78 is 12.9. The zero-order valence-electron chi connectivity index (χ0n) is 11.9. The molecule has 0 aliphatic heterocycles. The molecule has 0 radical (unpaired) electrons. The van der Waals surface area contributed by atoms with Crippen LogP contribution in [0.5, 0.6) is 0 Å². The van der Waals surface area contributed by atoms with Gasteiger partial charge in [0.2, 0.25) is 0 Å². The van der Waals surface area contributed by atoms with Crippen LogP contribution < -0.4 is 5.32 Å². The second-order valence-corrected chi connectivity index (χ2v) is 5.18. The van der Waals surface area contributed by atoms with E-state index >= 15 is 0 Å². The first-order chi connectivity index (χ1) is 10.2. The number of pyridine rings is 1. The van der Waals surface area contributed by atoms with Crippen molar-refractivity contribution >= 4 is 10.9 Å². The molecule has 0 spiro atoms. The van der Waals surface area contributed by atoms with E-state index in [1.807, 2.05) is 24.3 Å². The Kier molecular flexibility index (Phi) is 3.93. The highest BCUT2D eigenvalue weighted by molar-refractivity contribution is 5.78. The van der Waals surface area contributed by atoms with Gasteiger partial charge in [-0.1, -0.05) is 24.3 Å². The standard InChI is InChI=1S/C18H17FN2/c1-13(15-5-7-17(19)8-6-15)21-12-14-4-9-18-16(11-14)3-2-10-20-18/h2-11,13,21H,12H2,1H3. The van der Waals surface area contributed by atoms with Gasteiger partial charge in [0.15, 0.2) is 0 Å². The van der Waals surface area contributed by atoms with Crippen LogP contribution in [0.1, 0.15) is 24.1 Å². The Labute approximate surface area is 123 Å². The fourth-order valence-corrected chi connectivity index (χ4v) is 2.38. The van der Waals surface area contributed by atoms with E-state index in [0.29, 0.717) is 0 Å². The third-order valence-corrected chi connectivity index (χ3v) is 3.65. The lowest BCUT2D eigenvalue weighted by Crippen LogP contribution is -2.18. The van der Waals surface area contributed by atoms with E-state index in [9.17, 15) is 4.39 Å². The molecule has 1 N–H and O–H groups in total. The fourth-order valence-electron chi connectivity index (χ4n) is 2.38. The molecule has 0 amide bonds. The summed E-state index contributed by atoms with van der Waals surface area (Å²) in [5, 5.41) is 4.60. The Bertz CT molecular complexity index is 738. The first-order valence-corrected chi connectivity index (χ1v) is 7.05. The van der Waals surface area contributed by atoms with Crippen LogP contribution in [0, 0.1) is 5.82 Å². The van der Waals surface area contributed by atoms with Crippen LogP contribution in [0.4, 0.5) is 4.39 Å². The van der Waals surface area contributed by atoms with Crippen LogP contribution in [0.3, 0.4) is 0 Å². The summed E-state index contributed by atoms with van der Waals surface area (Å²) in [6.07, 6.45) is 1.80. The summed E-state index contributed by atoms with van der Waals surface area (Å²) >= 11 is 0. The topological polar surface area (TPSA) is 24.9 Å². The Hall–Kier alpha value is -2.26. The lowest BCUT2D eigenvalue weighted by atomic mass is 10.1. The maximum absolute atomic E-state index is 12.9. The van der Waals surface area contributed by atoms with Gasteiger partial charge in [0.05, 0.1) is 5.52 Å². The van der Waals surface area contributed by atoms with Crippen LogP contribution in [-0.2, 0) is 6.54 Å².